The van der Waals surface area contributed by atoms with Crippen molar-refractivity contribution in [2.24, 2.45) is 0 Å². The number of alkyl halides is 1. The van der Waals surface area contributed by atoms with Gasteiger partial charge in [0.15, 0.2) is 5.82 Å². The minimum absolute atomic E-state index is 0.0191. The van der Waals surface area contributed by atoms with Gasteiger partial charge < -0.3 is 5.32 Å². The van der Waals surface area contributed by atoms with Crippen LogP contribution in [-0.2, 0) is 11.3 Å². The molecule has 0 aliphatic heterocycles. The van der Waals surface area contributed by atoms with Gasteiger partial charge in [0, 0.05) is 6.92 Å². The molecule has 10 heteroatoms. The Hall–Kier alpha value is -2.29. The molecule has 0 saturated carbocycles. The number of halogens is 3. The zero-order chi connectivity index (χ0) is 16.3. The molecule has 0 spiro atoms. The van der Waals surface area contributed by atoms with E-state index in [2.05, 4.69) is 15.7 Å². The van der Waals surface area contributed by atoms with Gasteiger partial charge in [-0.1, -0.05) is 11.6 Å². The highest BCUT2D eigenvalue weighted by atomic mass is 35.5. The Labute approximate surface area is 128 Å². The number of carbonyl (C=O) groups is 1. The molecule has 2 aromatic rings. The maximum absolute atomic E-state index is 14.0. The van der Waals surface area contributed by atoms with Gasteiger partial charge in [-0.05, 0) is 29.0 Å². The largest absolute Gasteiger partial charge is 0.368 e. The molecule has 0 radical (unpaired) electrons. The third-order valence-electron chi connectivity index (χ3n) is 2.72. The number of anilines is 1. The molecule has 0 atom stereocenters. The minimum atomic E-state index is -0.807. The van der Waals surface area contributed by atoms with Crippen molar-refractivity contribution in [3.8, 4) is 5.69 Å². The molecule has 0 unspecified atom stereocenters. The molecular weight excluding hydrogens is 320 g/mol. The van der Waals surface area contributed by atoms with Crippen molar-refractivity contribution < 1.29 is 13.6 Å². The summed E-state index contributed by atoms with van der Waals surface area (Å²) in [6, 6.07) is 2.13. The summed E-state index contributed by atoms with van der Waals surface area (Å²) in [7, 11) is 0. The normalized spacial score (nSPS) is 10.7. The lowest BCUT2D eigenvalue weighted by Gasteiger charge is -2.08. The first-order valence-electron chi connectivity index (χ1n) is 6.30. The number of aromatic nitrogens is 4. The van der Waals surface area contributed by atoms with Gasteiger partial charge in [0.05, 0.1) is 23.9 Å². The Bertz CT molecular complexity index is 758. The van der Waals surface area contributed by atoms with E-state index in [0.29, 0.717) is 0 Å². The smallest absolute Gasteiger partial charge is 0.325 e. The number of benzene rings is 1. The van der Waals surface area contributed by atoms with Crippen molar-refractivity contribution in [3.63, 3.8) is 0 Å². The predicted octanol–water partition coefficient (Wildman–Crippen LogP) is 1.54. The van der Waals surface area contributed by atoms with Crippen LogP contribution in [0.1, 0.15) is 13.3 Å². The fourth-order valence-corrected chi connectivity index (χ4v) is 1.96. The van der Waals surface area contributed by atoms with Crippen LogP contribution in [0.15, 0.2) is 16.9 Å². The van der Waals surface area contributed by atoms with Gasteiger partial charge in [-0.3, -0.25) is 9.18 Å². The highest BCUT2D eigenvalue weighted by molar-refractivity contribution is 6.33. The molecule has 0 fully saturated rings. The van der Waals surface area contributed by atoms with E-state index in [9.17, 15) is 18.4 Å². The highest BCUT2D eigenvalue weighted by Gasteiger charge is 2.16. The second-order valence-electron chi connectivity index (χ2n) is 4.40. The Morgan fingerprint density at radius 2 is 2.14 bits per heavy atom. The average Bonchev–Trinajstić information content (AvgIpc) is 2.80. The fraction of sp³-hybridized carbons (Fsp3) is 0.333. The highest BCUT2D eigenvalue weighted by Crippen LogP contribution is 2.26. The van der Waals surface area contributed by atoms with E-state index >= 15 is 0 Å². The molecule has 118 valence electrons. The summed E-state index contributed by atoms with van der Waals surface area (Å²) in [5.74, 6) is -1.21. The number of hydrogen-bond donors (Lipinski definition) is 1. The molecule has 0 aliphatic carbocycles. The van der Waals surface area contributed by atoms with Gasteiger partial charge in [-0.15, -0.1) is 0 Å². The van der Waals surface area contributed by atoms with Crippen molar-refractivity contribution in [2.75, 3.05) is 12.0 Å². The van der Waals surface area contributed by atoms with Gasteiger partial charge >= 0.3 is 5.69 Å². The molecule has 1 N–H and O–H groups in total. The first-order valence-corrected chi connectivity index (χ1v) is 6.67. The van der Waals surface area contributed by atoms with Gasteiger partial charge in [-0.25, -0.2) is 9.18 Å². The van der Waals surface area contributed by atoms with Crippen LogP contribution in [-0.4, -0.2) is 32.4 Å². The molecule has 1 amide bonds. The maximum atomic E-state index is 14.0. The van der Waals surface area contributed by atoms with Crippen LogP contribution < -0.4 is 11.0 Å². The topological polar surface area (TPSA) is 81.8 Å². The molecule has 1 aromatic carbocycles. The van der Waals surface area contributed by atoms with Gasteiger partial charge in [0.25, 0.3) is 0 Å². The van der Waals surface area contributed by atoms with E-state index in [-0.39, 0.29) is 29.4 Å². The van der Waals surface area contributed by atoms with E-state index in [0.717, 1.165) is 15.4 Å². The molecular formula is C12H12ClF2N5O2. The van der Waals surface area contributed by atoms with Crippen LogP contribution >= 0.6 is 11.6 Å². The van der Waals surface area contributed by atoms with Crippen molar-refractivity contribution in [1.29, 1.82) is 0 Å². The lowest BCUT2D eigenvalue weighted by atomic mass is 10.2. The Balaban J connectivity index is 2.46. The second-order valence-corrected chi connectivity index (χ2v) is 4.81. The van der Waals surface area contributed by atoms with Crippen molar-refractivity contribution in [1.82, 2.24) is 19.8 Å². The van der Waals surface area contributed by atoms with E-state index in [1.165, 1.54) is 13.0 Å². The summed E-state index contributed by atoms with van der Waals surface area (Å²) in [4.78, 5) is 23.1. The van der Waals surface area contributed by atoms with E-state index in [4.69, 9.17) is 11.6 Å². The number of tetrazole rings is 1. The van der Waals surface area contributed by atoms with Crippen LogP contribution in [0.5, 0.6) is 0 Å². The molecule has 1 heterocycles. The third-order valence-corrected chi connectivity index (χ3v) is 3.03. The monoisotopic (exact) mass is 331 g/mol. The second kappa shape index (κ2) is 6.65. The van der Waals surface area contributed by atoms with Gasteiger partial charge in [-0.2, -0.15) is 9.36 Å². The number of nitrogens with one attached hydrogen (secondary N) is 1. The van der Waals surface area contributed by atoms with Gasteiger partial charge in [0.1, 0.15) is 5.69 Å². The number of amides is 1. The van der Waals surface area contributed by atoms with Crippen molar-refractivity contribution in [3.05, 3.63) is 33.5 Å². The number of aryl methyl sites for hydroxylation is 1. The van der Waals surface area contributed by atoms with E-state index in [1.807, 2.05) is 0 Å². The molecule has 1 aromatic heterocycles. The lowest BCUT2D eigenvalue weighted by molar-refractivity contribution is -0.114. The third kappa shape index (κ3) is 3.30. The number of nitrogens with zero attached hydrogens (tertiary/aromatic N) is 4. The van der Waals surface area contributed by atoms with Crippen molar-refractivity contribution in [2.45, 2.75) is 19.9 Å². The summed E-state index contributed by atoms with van der Waals surface area (Å²) in [5, 5.41) is 9.49. The summed E-state index contributed by atoms with van der Waals surface area (Å²) < 4.78 is 27.8. The SMILES string of the molecule is CC(=O)Nc1cc(-n2nnn(CCCF)c2=O)c(F)cc1Cl. The van der Waals surface area contributed by atoms with Crippen LogP contribution in [0, 0.1) is 5.82 Å². The minimum Gasteiger partial charge on any atom is -0.325 e. The zero-order valence-corrected chi connectivity index (χ0v) is 12.3. The van der Waals surface area contributed by atoms with Crippen LogP contribution in [0.4, 0.5) is 14.5 Å². The Morgan fingerprint density at radius 1 is 1.41 bits per heavy atom. The fourth-order valence-electron chi connectivity index (χ4n) is 1.76. The average molecular weight is 332 g/mol. The number of rotatable bonds is 5. The first-order chi connectivity index (χ1) is 10.4. The summed E-state index contributed by atoms with van der Waals surface area (Å²) >= 11 is 5.82. The molecule has 0 bridgehead atoms. The standard InChI is InChI=1S/C12H12ClF2N5O2/c1-7(21)16-10-6-11(9(15)5-8(10)13)20-12(22)19(17-18-20)4-2-3-14/h5-6H,2-4H2,1H3,(H,16,21). The molecule has 0 saturated heterocycles. The molecule has 22 heavy (non-hydrogen) atoms. The van der Waals surface area contributed by atoms with Crippen LogP contribution in [0.3, 0.4) is 0 Å². The lowest BCUT2D eigenvalue weighted by Crippen LogP contribution is -2.25. The first kappa shape index (κ1) is 16.1. The predicted molar refractivity (Wildman–Crippen MR) is 75.5 cm³/mol. The molecule has 2 rings (SSSR count). The quantitative estimate of drug-likeness (QED) is 0.901. The van der Waals surface area contributed by atoms with E-state index in [1.54, 1.807) is 0 Å². The summed E-state index contributed by atoms with van der Waals surface area (Å²) in [5.41, 5.74) is -0.802. The van der Waals surface area contributed by atoms with Gasteiger partial charge in [0.2, 0.25) is 5.91 Å². The van der Waals surface area contributed by atoms with Crippen LogP contribution in [0.2, 0.25) is 5.02 Å². The Kier molecular flexibility index (Phi) is 4.86. The zero-order valence-electron chi connectivity index (χ0n) is 11.5. The molecule has 0 aliphatic rings. The number of carbonyl (C=O) groups excluding carboxylic acids is 1. The molecule has 7 nitrogen and oxygen atoms in total. The maximum Gasteiger partial charge on any atom is 0.368 e. The number of hydrogen-bond acceptors (Lipinski definition) is 4. The summed E-state index contributed by atoms with van der Waals surface area (Å²) in [6.45, 7) is 0.684. The summed E-state index contributed by atoms with van der Waals surface area (Å²) in [6.07, 6.45) is 0.0961. The van der Waals surface area contributed by atoms with Crippen molar-refractivity contribution >= 4 is 23.2 Å². The van der Waals surface area contributed by atoms with E-state index < -0.39 is 24.1 Å². The Morgan fingerprint density at radius 3 is 2.77 bits per heavy atom. The van der Waals surface area contributed by atoms with Crippen LogP contribution in [0.25, 0.3) is 5.69 Å².